The zero-order valence-electron chi connectivity index (χ0n) is 10.8. The first-order valence-electron chi connectivity index (χ1n) is 7.16. The summed E-state index contributed by atoms with van der Waals surface area (Å²) in [6, 6.07) is 0. The molecule has 3 heteroatoms. The van der Waals surface area contributed by atoms with E-state index in [9.17, 15) is 0 Å². The molecule has 2 rings (SSSR count). The minimum Gasteiger partial charge on any atom is -0.376 e. The minimum absolute atomic E-state index is 0.165. The number of ether oxygens (including phenoxy) is 2. The van der Waals surface area contributed by atoms with Crippen LogP contribution in [0.5, 0.6) is 0 Å². The van der Waals surface area contributed by atoms with Crippen LogP contribution in [0.4, 0.5) is 0 Å². The van der Waals surface area contributed by atoms with E-state index in [-0.39, 0.29) is 5.60 Å². The van der Waals surface area contributed by atoms with Crippen LogP contribution in [0.1, 0.15) is 57.8 Å². The molecular formula is C14H25IO2. The highest BCUT2D eigenvalue weighted by molar-refractivity contribution is 14.1. The van der Waals surface area contributed by atoms with Gasteiger partial charge in [-0.3, -0.25) is 0 Å². The molecule has 0 spiro atoms. The molecule has 0 aromatic heterocycles. The molecular weight excluding hydrogens is 327 g/mol. The Kier molecular flexibility index (Phi) is 6.03. The lowest BCUT2D eigenvalue weighted by atomic mass is 9.96. The van der Waals surface area contributed by atoms with Gasteiger partial charge in [0.2, 0.25) is 0 Å². The van der Waals surface area contributed by atoms with Crippen LogP contribution in [0.25, 0.3) is 0 Å². The third kappa shape index (κ3) is 4.35. The van der Waals surface area contributed by atoms with E-state index in [4.69, 9.17) is 9.47 Å². The second-order valence-electron chi connectivity index (χ2n) is 5.53. The quantitative estimate of drug-likeness (QED) is 0.431. The van der Waals surface area contributed by atoms with Gasteiger partial charge in [0.05, 0.1) is 18.3 Å². The summed E-state index contributed by atoms with van der Waals surface area (Å²) in [5.41, 5.74) is 0.165. The Hall–Kier alpha value is 0.650. The van der Waals surface area contributed by atoms with E-state index < -0.39 is 0 Å². The molecule has 0 aromatic carbocycles. The fourth-order valence-corrected chi connectivity index (χ4v) is 3.88. The van der Waals surface area contributed by atoms with Gasteiger partial charge in [-0.05, 0) is 32.1 Å². The Morgan fingerprint density at radius 1 is 1.06 bits per heavy atom. The summed E-state index contributed by atoms with van der Waals surface area (Å²) >= 11 is 2.51. The minimum atomic E-state index is 0.165. The predicted molar refractivity (Wildman–Crippen MR) is 78.9 cm³/mol. The van der Waals surface area contributed by atoms with Crippen LogP contribution < -0.4 is 0 Å². The van der Waals surface area contributed by atoms with Crippen molar-refractivity contribution >= 4 is 22.6 Å². The number of alkyl halides is 1. The maximum absolute atomic E-state index is 6.31. The molecule has 2 aliphatic rings. The van der Waals surface area contributed by atoms with Crippen molar-refractivity contribution in [3.8, 4) is 0 Å². The lowest BCUT2D eigenvalue weighted by Gasteiger charge is -2.34. The summed E-state index contributed by atoms with van der Waals surface area (Å²) in [6.45, 7) is 1.76. The summed E-state index contributed by atoms with van der Waals surface area (Å²) in [5, 5.41) is 0. The maximum Gasteiger partial charge on any atom is 0.0808 e. The van der Waals surface area contributed by atoms with Gasteiger partial charge in [-0.2, -0.15) is 0 Å². The van der Waals surface area contributed by atoms with Crippen molar-refractivity contribution in [1.29, 1.82) is 0 Å². The van der Waals surface area contributed by atoms with E-state index in [0.29, 0.717) is 6.10 Å². The van der Waals surface area contributed by atoms with Crippen LogP contribution in [0, 0.1) is 0 Å². The van der Waals surface area contributed by atoms with Gasteiger partial charge in [0, 0.05) is 11.0 Å². The van der Waals surface area contributed by atoms with Crippen molar-refractivity contribution in [2.45, 2.75) is 69.5 Å². The highest BCUT2D eigenvalue weighted by atomic mass is 127. The van der Waals surface area contributed by atoms with Crippen molar-refractivity contribution in [1.82, 2.24) is 0 Å². The number of halogens is 1. The van der Waals surface area contributed by atoms with E-state index in [0.717, 1.165) is 17.6 Å². The molecule has 1 heterocycles. The van der Waals surface area contributed by atoms with E-state index in [1.54, 1.807) is 0 Å². The van der Waals surface area contributed by atoms with Gasteiger partial charge in [0.15, 0.2) is 0 Å². The Morgan fingerprint density at radius 3 is 2.41 bits per heavy atom. The Labute approximate surface area is 119 Å². The van der Waals surface area contributed by atoms with Gasteiger partial charge < -0.3 is 9.47 Å². The molecule has 0 N–H and O–H groups in total. The molecule has 1 aliphatic carbocycles. The Balaban J connectivity index is 1.80. The number of rotatable bonds is 4. The Bertz CT molecular complexity index is 206. The van der Waals surface area contributed by atoms with Gasteiger partial charge in [0.25, 0.3) is 0 Å². The average molecular weight is 352 g/mol. The lowest BCUT2D eigenvalue weighted by molar-refractivity contribution is -0.102. The third-order valence-corrected chi connectivity index (χ3v) is 5.50. The topological polar surface area (TPSA) is 18.5 Å². The first-order valence-corrected chi connectivity index (χ1v) is 8.69. The molecule has 100 valence electrons. The lowest BCUT2D eigenvalue weighted by Crippen LogP contribution is -2.38. The third-order valence-electron chi connectivity index (χ3n) is 4.11. The van der Waals surface area contributed by atoms with E-state index in [2.05, 4.69) is 22.6 Å². The smallest absolute Gasteiger partial charge is 0.0808 e. The van der Waals surface area contributed by atoms with Crippen molar-refractivity contribution in [3.05, 3.63) is 0 Å². The number of hydrogen-bond acceptors (Lipinski definition) is 2. The van der Waals surface area contributed by atoms with Gasteiger partial charge in [0.1, 0.15) is 0 Å². The SMILES string of the molecule is ICC1(OCC2CCCCO2)CCCCCC1. The summed E-state index contributed by atoms with van der Waals surface area (Å²) < 4.78 is 13.2. The van der Waals surface area contributed by atoms with Crippen molar-refractivity contribution in [3.63, 3.8) is 0 Å². The summed E-state index contributed by atoms with van der Waals surface area (Å²) in [5.74, 6) is 0. The second kappa shape index (κ2) is 7.29. The van der Waals surface area contributed by atoms with Crippen LogP contribution in [0.3, 0.4) is 0 Å². The van der Waals surface area contributed by atoms with Crippen molar-refractivity contribution < 1.29 is 9.47 Å². The zero-order valence-corrected chi connectivity index (χ0v) is 12.9. The van der Waals surface area contributed by atoms with Crippen LogP contribution in [-0.4, -0.2) is 29.3 Å². The van der Waals surface area contributed by atoms with Crippen LogP contribution in [0.15, 0.2) is 0 Å². The van der Waals surface area contributed by atoms with Crippen LogP contribution in [0.2, 0.25) is 0 Å². The largest absolute Gasteiger partial charge is 0.376 e. The molecule has 0 aromatic rings. The molecule has 0 radical (unpaired) electrons. The first kappa shape index (κ1) is 14.1. The van der Waals surface area contributed by atoms with E-state index >= 15 is 0 Å². The molecule has 1 saturated heterocycles. The van der Waals surface area contributed by atoms with Gasteiger partial charge in [-0.25, -0.2) is 0 Å². The maximum atomic E-state index is 6.31. The standard InChI is InChI=1S/C14H25IO2/c15-12-14(8-4-1-2-5-9-14)17-11-13-7-3-6-10-16-13/h13H,1-12H2. The average Bonchev–Trinajstić information content (AvgIpc) is 2.64. The molecule has 1 aliphatic heterocycles. The first-order chi connectivity index (χ1) is 8.35. The Morgan fingerprint density at radius 2 is 1.82 bits per heavy atom. The van der Waals surface area contributed by atoms with Crippen LogP contribution >= 0.6 is 22.6 Å². The molecule has 17 heavy (non-hydrogen) atoms. The molecule has 0 bridgehead atoms. The van der Waals surface area contributed by atoms with E-state index in [1.165, 1.54) is 57.8 Å². The highest BCUT2D eigenvalue weighted by Crippen LogP contribution is 2.33. The number of hydrogen-bond donors (Lipinski definition) is 0. The molecule has 1 saturated carbocycles. The molecule has 2 nitrogen and oxygen atoms in total. The second-order valence-corrected chi connectivity index (χ2v) is 6.29. The summed E-state index contributed by atoms with van der Waals surface area (Å²) in [4.78, 5) is 0. The van der Waals surface area contributed by atoms with Crippen LogP contribution in [-0.2, 0) is 9.47 Å². The highest BCUT2D eigenvalue weighted by Gasteiger charge is 2.31. The monoisotopic (exact) mass is 352 g/mol. The normalized spacial score (nSPS) is 29.8. The van der Waals surface area contributed by atoms with Gasteiger partial charge in [-0.1, -0.05) is 48.3 Å². The summed E-state index contributed by atoms with van der Waals surface area (Å²) in [6.07, 6.45) is 12.1. The fourth-order valence-electron chi connectivity index (χ4n) is 2.90. The summed E-state index contributed by atoms with van der Waals surface area (Å²) in [7, 11) is 0. The zero-order chi connectivity index (χ0) is 12.0. The van der Waals surface area contributed by atoms with Gasteiger partial charge >= 0.3 is 0 Å². The molecule has 1 unspecified atom stereocenters. The van der Waals surface area contributed by atoms with Crippen molar-refractivity contribution in [2.75, 3.05) is 17.6 Å². The van der Waals surface area contributed by atoms with Crippen molar-refractivity contribution in [2.24, 2.45) is 0 Å². The molecule has 0 amide bonds. The molecule has 1 atom stereocenters. The van der Waals surface area contributed by atoms with E-state index in [1.807, 2.05) is 0 Å². The molecule has 2 fully saturated rings. The van der Waals surface area contributed by atoms with Gasteiger partial charge in [-0.15, -0.1) is 0 Å². The fraction of sp³-hybridized carbons (Fsp3) is 1.00. The predicted octanol–water partition coefficient (Wildman–Crippen LogP) is 4.10.